The monoisotopic (exact) mass is 280 g/mol. The molecule has 0 spiro atoms. The minimum Gasteiger partial charge on any atom is -0.346 e. The SMILES string of the molecule is O=CNc1cc(C#Cc2cnc3[nH]ccc3c2F)ccn1. The quantitative estimate of drug-likeness (QED) is 0.557. The second-order valence-electron chi connectivity index (χ2n) is 4.17. The lowest BCUT2D eigenvalue weighted by Crippen LogP contribution is -1.96. The third-order valence-electron chi connectivity index (χ3n) is 2.83. The van der Waals surface area contributed by atoms with E-state index in [4.69, 9.17) is 0 Å². The maximum absolute atomic E-state index is 14.2. The van der Waals surface area contributed by atoms with Gasteiger partial charge >= 0.3 is 0 Å². The molecule has 102 valence electrons. The second kappa shape index (κ2) is 5.43. The topological polar surface area (TPSA) is 70.7 Å². The standard InChI is InChI=1S/C15H9FN4O/c16-14-11(8-19-15-12(14)4-6-18-15)2-1-10-3-5-17-13(7-10)20-9-21/h3-9H,(H,18,19)(H,17,20,21). The molecule has 0 saturated carbocycles. The lowest BCUT2D eigenvalue weighted by molar-refractivity contribution is -0.105. The summed E-state index contributed by atoms with van der Waals surface area (Å²) >= 11 is 0. The summed E-state index contributed by atoms with van der Waals surface area (Å²) in [6.07, 6.45) is 5.05. The lowest BCUT2D eigenvalue weighted by atomic mass is 10.2. The summed E-state index contributed by atoms with van der Waals surface area (Å²) in [5, 5.41) is 2.83. The van der Waals surface area contributed by atoms with Crippen LogP contribution in [0.2, 0.25) is 0 Å². The lowest BCUT2D eigenvalue weighted by Gasteiger charge is -1.97. The van der Waals surface area contributed by atoms with Crippen molar-refractivity contribution in [3.05, 3.63) is 53.7 Å². The molecule has 3 heterocycles. The highest BCUT2D eigenvalue weighted by atomic mass is 19.1. The van der Waals surface area contributed by atoms with Crippen LogP contribution in [-0.2, 0) is 4.79 Å². The molecule has 0 radical (unpaired) electrons. The number of aromatic nitrogens is 3. The van der Waals surface area contributed by atoms with Crippen LogP contribution in [0.1, 0.15) is 11.1 Å². The first-order chi connectivity index (χ1) is 10.3. The van der Waals surface area contributed by atoms with E-state index in [2.05, 4.69) is 32.1 Å². The number of anilines is 1. The average Bonchev–Trinajstić information content (AvgIpc) is 2.97. The Morgan fingerprint density at radius 1 is 1.29 bits per heavy atom. The van der Waals surface area contributed by atoms with Crippen molar-refractivity contribution in [3.8, 4) is 11.8 Å². The Morgan fingerprint density at radius 2 is 2.19 bits per heavy atom. The highest BCUT2D eigenvalue weighted by Crippen LogP contribution is 2.17. The molecule has 0 aliphatic rings. The van der Waals surface area contributed by atoms with Crippen LogP contribution in [0.25, 0.3) is 11.0 Å². The third kappa shape index (κ3) is 2.58. The smallest absolute Gasteiger partial charge is 0.212 e. The number of nitrogens with zero attached hydrogens (tertiary/aromatic N) is 2. The fraction of sp³-hybridized carbons (Fsp3) is 0. The van der Waals surface area contributed by atoms with E-state index in [9.17, 15) is 9.18 Å². The van der Waals surface area contributed by atoms with E-state index < -0.39 is 5.82 Å². The van der Waals surface area contributed by atoms with Gasteiger partial charge in [0.05, 0.1) is 10.9 Å². The van der Waals surface area contributed by atoms with E-state index >= 15 is 0 Å². The van der Waals surface area contributed by atoms with Gasteiger partial charge in [-0.1, -0.05) is 11.8 Å². The maximum atomic E-state index is 14.2. The number of hydrogen-bond donors (Lipinski definition) is 2. The summed E-state index contributed by atoms with van der Waals surface area (Å²) in [5.41, 5.74) is 1.31. The number of halogens is 1. The van der Waals surface area contributed by atoms with Gasteiger partial charge in [-0.25, -0.2) is 14.4 Å². The number of aromatic amines is 1. The van der Waals surface area contributed by atoms with Crippen LogP contribution in [0, 0.1) is 17.7 Å². The fourth-order valence-electron chi connectivity index (χ4n) is 1.85. The van der Waals surface area contributed by atoms with Gasteiger partial charge in [0.15, 0.2) is 5.82 Å². The third-order valence-corrected chi connectivity index (χ3v) is 2.83. The molecule has 0 atom stereocenters. The Labute approximate surface area is 119 Å². The zero-order valence-corrected chi connectivity index (χ0v) is 10.7. The van der Waals surface area contributed by atoms with Gasteiger partial charge in [0.25, 0.3) is 0 Å². The van der Waals surface area contributed by atoms with Gasteiger partial charge in [0.1, 0.15) is 11.5 Å². The van der Waals surface area contributed by atoms with E-state index in [0.717, 1.165) is 0 Å². The van der Waals surface area contributed by atoms with Crippen LogP contribution in [0.3, 0.4) is 0 Å². The molecule has 0 fully saturated rings. The molecule has 3 aromatic heterocycles. The molecule has 0 saturated heterocycles. The molecule has 0 aliphatic carbocycles. The van der Waals surface area contributed by atoms with Crippen molar-refractivity contribution in [3.63, 3.8) is 0 Å². The van der Waals surface area contributed by atoms with Gasteiger partial charge in [0, 0.05) is 24.2 Å². The van der Waals surface area contributed by atoms with Gasteiger partial charge in [-0.2, -0.15) is 0 Å². The van der Waals surface area contributed by atoms with Crippen molar-refractivity contribution in [2.75, 3.05) is 5.32 Å². The number of hydrogen-bond acceptors (Lipinski definition) is 3. The molecule has 3 aromatic rings. The van der Waals surface area contributed by atoms with Gasteiger partial charge < -0.3 is 10.3 Å². The number of H-pyrrole nitrogens is 1. The molecule has 21 heavy (non-hydrogen) atoms. The fourth-order valence-corrected chi connectivity index (χ4v) is 1.85. The Morgan fingerprint density at radius 3 is 3.05 bits per heavy atom. The number of rotatable bonds is 2. The minimum atomic E-state index is -0.408. The van der Waals surface area contributed by atoms with Crippen LogP contribution < -0.4 is 5.32 Å². The molecule has 2 N–H and O–H groups in total. The van der Waals surface area contributed by atoms with Crippen LogP contribution >= 0.6 is 0 Å². The predicted molar refractivity (Wildman–Crippen MR) is 76.0 cm³/mol. The Kier molecular flexibility index (Phi) is 3.31. The summed E-state index contributed by atoms with van der Waals surface area (Å²) in [6.45, 7) is 0. The molecule has 0 bridgehead atoms. The van der Waals surface area contributed by atoms with E-state index in [1.807, 2.05) is 0 Å². The number of pyridine rings is 2. The molecular formula is C15H9FN4O. The molecule has 0 aliphatic heterocycles. The Hall–Kier alpha value is -3.20. The van der Waals surface area contributed by atoms with Crippen molar-refractivity contribution < 1.29 is 9.18 Å². The maximum Gasteiger partial charge on any atom is 0.212 e. The van der Waals surface area contributed by atoms with Crippen molar-refractivity contribution in [2.45, 2.75) is 0 Å². The van der Waals surface area contributed by atoms with Gasteiger partial charge in [0.2, 0.25) is 6.41 Å². The van der Waals surface area contributed by atoms with Crippen molar-refractivity contribution in [2.24, 2.45) is 0 Å². The zero-order valence-electron chi connectivity index (χ0n) is 10.7. The van der Waals surface area contributed by atoms with Crippen LogP contribution in [-0.4, -0.2) is 21.4 Å². The van der Waals surface area contributed by atoms with Crippen LogP contribution in [0.5, 0.6) is 0 Å². The number of carbonyl (C=O) groups excluding carboxylic acids is 1. The van der Waals surface area contributed by atoms with Gasteiger partial charge in [-0.05, 0) is 18.2 Å². The predicted octanol–water partition coefficient (Wildman–Crippen LogP) is 2.07. The summed E-state index contributed by atoms with van der Waals surface area (Å²) in [7, 11) is 0. The van der Waals surface area contributed by atoms with Crippen molar-refractivity contribution >= 4 is 23.3 Å². The first kappa shape index (κ1) is 12.8. The number of fused-ring (bicyclic) bond motifs is 1. The highest BCUT2D eigenvalue weighted by molar-refractivity contribution is 5.77. The first-order valence-corrected chi connectivity index (χ1v) is 6.08. The summed E-state index contributed by atoms with van der Waals surface area (Å²) in [6, 6.07) is 4.88. The van der Waals surface area contributed by atoms with Gasteiger partial charge in [-0.15, -0.1) is 0 Å². The number of nitrogens with one attached hydrogen (secondary N) is 2. The van der Waals surface area contributed by atoms with E-state index in [-0.39, 0.29) is 5.56 Å². The van der Waals surface area contributed by atoms with E-state index in [0.29, 0.717) is 28.8 Å². The number of carbonyl (C=O) groups is 1. The summed E-state index contributed by atoms with van der Waals surface area (Å²) in [5.74, 6) is 5.53. The minimum absolute atomic E-state index is 0.212. The highest BCUT2D eigenvalue weighted by Gasteiger charge is 2.07. The van der Waals surface area contributed by atoms with Crippen molar-refractivity contribution in [1.29, 1.82) is 0 Å². The second-order valence-corrected chi connectivity index (χ2v) is 4.17. The molecule has 0 aromatic carbocycles. The molecule has 1 amide bonds. The molecule has 6 heteroatoms. The summed E-state index contributed by atoms with van der Waals surface area (Å²) in [4.78, 5) is 21.2. The number of amides is 1. The average molecular weight is 280 g/mol. The van der Waals surface area contributed by atoms with Crippen molar-refractivity contribution in [1.82, 2.24) is 15.0 Å². The molecule has 5 nitrogen and oxygen atoms in total. The Balaban J connectivity index is 1.97. The summed E-state index contributed by atoms with van der Waals surface area (Å²) < 4.78 is 14.2. The van der Waals surface area contributed by atoms with Gasteiger partial charge in [-0.3, -0.25) is 4.79 Å². The molecular weight excluding hydrogens is 271 g/mol. The van der Waals surface area contributed by atoms with Crippen LogP contribution in [0.4, 0.5) is 10.2 Å². The molecule has 3 rings (SSSR count). The van der Waals surface area contributed by atoms with E-state index in [1.165, 1.54) is 12.4 Å². The van der Waals surface area contributed by atoms with Crippen LogP contribution in [0.15, 0.2) is 36.8 Å². The normalized spacial score (nSPS) is 9.95. The molecule has 0 unspecified atom stereocenters. The zero-order chi connectivity index (χ0) is 14.7. The van der Waals surface area contributed by atoms with E-state index in [1.54, 1.807) is 24.4 Å². The largest absolute Gasteiger partial charge is 0.346 e. The Bertz CT molecular complexity index is 876. The first-order valence-electron chi connectivity index (χ1n) is 6.08.